The molecular formula is C16H18F3N3OS. The molecule has 24 heavy (non-hydrogen) atoms. The lowest BCUT2D eigenvalue weighted by molar-refractivity contribution is -0.137. The molecule has 0 fully saturated rings. The van der Waals surface area contributed by atoms with Crippen molar-refractivity contribution in [2.24, 2.45) is 4.99 Å². The number of nitrogens with zero attached hydrogens (tertiary/aromatic N) is 3. The monoisotopic (exact) mass is 357 g/mol. The van der Waals surface area contributed by atoms with Crippen LogP contribution in [0.25, 0.3) is 5.69 Å². The number of alkyl halides is 3. The number of carbonyl (C=O) groups is 1. The second-order valence-corrected chi connectivity index (χ2v) is 6.57. The van der Waals surface area contributed by atoms with Crippen LogP contribution < -0.4 is 4.80 Å². The third kappa shape index (κ3) is 4.25. The van der Waals surface area contributed by atoms with E-state index in [2.05, 4.69) is 4.99 Å². The Hall–Kier alpha value is -2.09. The first-order chi connectivity index (χ1) is 11.2. The molecule has 0 aliphatic rings. The molecule has 0 radical (unpaired) electrons. The zero-order chi connectivity index (χ0) is 17.9. The third-order valence-corrected chi connectivity index (χ3v) is 4.22. The Morgan fingerprint density at radius 1 is 1.29 bits per heavy atom. The summed E-state index contributed by atoms with van der Waals surface area (Å²) in [5, 5.41) is 0. The van der Waals surface area contributed by atoms with E-state index in [0.29, 0.717) is 17.0 Å². The van der Waals surface area contributed by atoms with Gasteiger partial charge >= 0.3 is 12.2 Å². The molecule has 4 nitrogen and oxygen atoms in total. The van der Waals surface area contributed by atoms with Gasteiger partial charge in [0, 0.05) is 30.4 Å². The molecule has 2 rings (SSSR count). The van der Waals surface area contributed by atoms with Gasteiger partial charge in [0.15, 0.2) is 4.80 Å². The highest BCUT2D eigenvalue weighted by molar-refractivity contribution is 7.09. The quantitative estimate of drug-likeness (QED) is 0.810. The first-order valence-electron chi connectivity index (χ1n) is 7.39. The van der Waals surface area contributed by atoms with E-state index in [1.807, 2.05) is 13.8 Å². The molecule has 1 aromatic heterocycles. The van der Waals surface area contributed by atoms with Crippen LogP contribution in [-0.4, -0.2) is 29.1 Å². The standard InChI is InChI=1S/C16H18F3N3OS/c1-4-9-21(3)14(23)20-15-22(10-11(2)24-15)13-7-5-12(6-8-13)16(17,18)19/h5-8,10H,4,9H2,1-3H3/b20-15-. The fraction of sp³-hybridized carbons (Fsp3) is 0.375. The maximum absolute atomic E-state index is 12.7. The summed E-state index contributed by atoms with van der Waals surface area (Å²) in [6, 6.07) is 4.40. The molecule has 0 aliphatic carbocycles. The van der Waals surface area contributed by atoms with Crippen molar-refractivity contribution in [1.29, 1.82) is 0 Å². The summed E-state index contributed by atoms with van der Waals surface area (Å²) in [6.07, 6.45) is -1.81. The summed E-state index contributed by atoms with van der Waals surface area (Å²) < 4.78 is 39.6. The van der Waals surface area contributed by atoms with Gasteiger partial charge in [-0.2, -0.15) is 18.2 Å². The second kappa shape index (κ2) is 7.21. The van der Waals surface area contributed by atoms with Crippen molar-refractivity contribution in [3.8, 4) is 5.69 Å². The Morgan fingerprint density at radius 3 is 2.46 bits per heavy atom. The van der Waals surface area contributed by atoms with Crippen molar-refractivity contribution < 1.29 is 18.0 Å². The fourth-order valence-electron chi connectivity index (χ4n) is 2.13. The molecule has 0 aliphatic heterocycles. The van der Waals surface area contributed by atoms with Gasteiger partial charge in [-0.05, 0) is 37.6 Å². The van der Waals surface area contributed by atoms with Crippen molar-refractivity contribution in [2.75, 3.05) is 13.6 Å². The van der Waals surface area contributed by atoms with E-state index in [-0.39, 0.29) is 6.03 Å². The molecule has 2 amide bonds. The van der Waals surface area contributed by atoms with Gasteiger partial charge in [-0.25, -0.2) is 4.79 Å². The van der Waals surface area contributed by atoms with E-state index < -0.39 is 11.7 Å². The highest BCUT2D eigenvalue weighted by Crippen LogP contribution is 2.29. The summed E-state index contributed by atoms with van der Waals surface area (Å²) in [4.78, 5) is 19.0. The molecule has 0 saturated heterocycles. The van der Waals surface area contributed by atoms with Crippen LogP contribution in [-0.2, 0) is 6.18 Å². The van der Waals surface area contributed by atoms with Gasteiger partial charge < -0.3 is 4.90 Å². The predicted molar refractivity (Wildman–Crippen MR) is 87.3 cm³/mol. The Bertz CT molecular complexity index is 775. The van der Waals surface area contributed by atoms with Gasteiger partial charge in [0.25, 0.3) is 0 Å². The molecule has 0 N–H and O–H groups in total. The molecule has 0 unspecified atom stereocenters. The van der Waals surface area contributed by atoms with Gasteiger partial charge in [-0.3, -0.25) is 4.57 Å². The lowest BCUT2D eigenvalue weighted by atomic mass is 10.2. The van der Waals surface area contributed by atoms with E-state index in [1.165, 1.54) is 28.4 Å². The van der Waals surface area contributed by atoms with Crippen LogP contribution in [0.5, 0.6) is 0 Å². The SMILES string of the molecule is CCCN(C)C(=O)/N=c1\sc(C)cn1-c1ccc(C(F)(F)F)cc1. The minimum Gasteiger partial charge on any atom is -0.326 e. The van der Waals surface area contributed by atoms with Crippen molar-refractivity contribution >= 4 is 17.4 Å². The zero-order valence-corrected chi connectivity index (χ0v) is 14.4. The topological polar surface area (TPSA) is 37.6 Å². The Morgan fingerprint density at radius 2 is 1.92 bits per heavy atom. The Labute approximate surface area is 141 Å². The number of benzene rings is 1. The van der Waals surface area contributed by atoms with Gasteiger partial charge in [0.05, 0.1) is 5.56 Å². The number of halogens is 3. The lowest BCUT2D eigenvalue weighted by Gasteiger charge is -2.12. The minimum atomic E-state index is -4.38. The lowest BCUT2D eigenvalue weighted by Crippen LogP contribution is -2.27. The number of hydrogen-bond acceptors (Lipinski definition) is 2. The zero-order valence-electron chi connectivity index (χ0n) is 13.6. The number of carbonyl (C=O) groups excluding carboxylic acids is 1. The molecule has 0 atom stereocenters. The van der Waals surface area contributed by atoms with E-state index >= 15 is 0 Å². The third-order valence-electron chi connectivity index (χ3n) is 3.32. The highest BCUT2D eigenvalue weighted by atomic mass is 32.1. The number of aromatic nitrogens is 1. The van der Waals surface area contributed by atoms with Crippen LogP contribution in [0.3, 0.4) is 0 Å². The van der Waals surface area contributed by atoms with Crippen molar-refractivity contribution in [2.45, 2.75) is 26.4 Å². The average Bonchev–Trinajstić information content (AvgIpc) is 2.87. The van der Waals surface area contributed by atoms with Crippen molar-refractivity contribution in [3.05, 3.63) is 45.7 Å². The fourth-order valence-corrected chi connectivity index (χ4v) is 2.95. The summed E-state index contributed by atoms with van der Waals surface area (Å²) >= 11 is 1.31. The number of rotatable bonds is 3. The van der Waals surface area contributed by atoms with Gasteiger partial charge in [0.1, 0.15) is 0 Å². The van der Waals surface area contributed by atoms with Gasteiger partial charge in [-0.15, -0.1) is 11.3 Å². The molecule has 0 saturated carbocycles. The average molecular weight is 357 g/mol. The van der Waals surface area contributed by atoms with Crippen LogP contribution in [0.1, 0.15) is 23.8 Å². The molecule has 1 aromatic carbocycles. The minimum absolute atomic E-state index is 0.376. The molecular weight excluding hydrogens is 339 g/mol. The molecule has 0 spiro atoms. The first kappa shape index (κ1) is 18.3. The van der Waals surface area contributed by atoms with E-state index in [4.69, 9.17) is 0 Å². The van der Waals surface area contributed by atoms with Crippen LogP contribution in [0.15, 0.2) is 35.5 Å². The van der Waals surface area contributed by atoms with Crippen LogP contribution in [0.2, 0.25) is 0 Å². The van der Waals surface area contributed by atoms with E-state index in [9.17, 15) is 18.0 Å². The van der Waals surface area contributed by atoms with Crippen molar-refractivity contribution in [3.63, 3.8) is 0 Å². The number of aryl methyl sites for hydroxylation is 1. The summed E-state index contributed by atoms with van der Waals surface area (Å²) in [7, 11) is 1.66. The number of thiazole rings is 1. The molecule has 1 heterocycles. The maximum Gasteiger partial charge on any atom is 0.416 e. The number of urea groups is 1. The summed E-state index contributed by atoms with van der Waals surface area (Å²) in [5.41, 5.74) is -0.187. The van der Waals surface area contributed by atoms with Crippen LogP contribution in [0.4, 0.5) is 18.0 Å². The van der Waals surface area contributed by atoms with Crippen molar-refractivity contribution in [1.82, 2.24) is 9.47 Å². The Kier molecular flexibility index (Phi) is 5.48. The largest absolute Gasteiger partial charge is 0.416 e. The molecule has 2 aromatic rings. The predicted octanol–water partition coefficient (Wildman–Crippen LogP) is 4.23. The number of amides is 2. The molecule has 0 bridgehead atoms. The molecule has 130 valence electrons. The van der Waals surface area contributed by atoms with E-state index in [0.717, 1.165) is 23.4 Å². The van der Waals surface area contributed by atoms with Crippen LogP contribution >= 0.6 is 11.3 Å². The summed E-state index contributed by atoms with van der Waals surface area (Å²) in [6.45, 7) is 4.40. The smallest absolute Gasteiger partial charge is 0.326 e. The van der Waals surface area contributed by atoms with Gasteiger partial charge in [-0.1, -0.05) is 6.92 Å². The van der Waals surface area contributed by atoms with E-state index in [1.54, 1.807) is 17.8 Å². The maximum atomic E-state index is 12.7. The molecule has 8 heteroatoms. The van der Waals surface area contributed by atoms with Gasteiger partial charge in [0.2, 0.25) is 0 Å². The summed E-state index contributed by atoms with van der Waals surface area (Å²) in [5.74, 6) is 0. The number of hydrogen-bond donors (Lipinski definition) is 0. The highest BCUT2D eigenvalue weighted by Gasteiger charge is 2.30. The van der Waals surface area contributed by atoms with Crippen LogP contribution in [0, 0.1) is 6.92 Å². The Balaban J connectivity index is 2.40. The normalized spacial score (nSPS) is 12.5. The second-order valence-electron chi connectivity index (χ2n) is 5.35. The first-order valence-corrected chi connectivity index (χ1v) is 8.20.